The molecule has 4 aromatic rings. The van der Waals surface area contributed by atoms with Gasteiger partial charge in [-0.1, -0.05) is 24.3 Å². The Hall–Kier alpha value is -4.32. The Morgan fingerprint density at radius 2 is 1.12 bits per heavy atom. The first kappa shape index (κ1) is 20.9. The van der Waals surface area contributed by atoms with Gasteiger partial charge in [0.15, 0.2) is 5.75 Å². The maximum Gasteiger partial charge on any atom is 0.150 e. The summed E-state index contributed by atoms with van der Waals surface area (Å²) in [6, 6.07) is 26.7. The van der Waals surface area contributed by atoms with Crippen LogP contribution in [-0.4, -0.2) is 7.05 Å². The molecule has 0 atom stereocenters. The molecule has 0 heterocycles. The van der Waals surface area contributed by atoms with E-state index in [0.717, 1.165) is 29.4 Å². The van der Waals surface area contributed by atoms with Crippen molar-refractivity contribution in [3.8, 4) is 23.0 Å². The standard InChI is InChI=1S/C26H26N4O2/c1-30-24-16-20(28)7-13-26(24)32-22-10-4-18(5-11-22)14-17-2-8-21(9-3-17)31-25-12-6-19(27)15-23(25)29/h2-13,15-16,30H,14,27-29H2,1H3. The average Bonchev–Trinajstić information content (AvgIpc) is 2.79. The Labute approximate surface area is 187 Å². The number of ether oxygens (including phenoxy) is 2. The summed E-state index contributed by atoms with van der Waals surface area (Å²) in [5.74, 6) is 2.80. The molecule has 7 N–H and O–H groups in total. The summed E-state index contributed by atoms with van der Waals surface area (Å²) in [6.45, 7) is 0. The molecule has 0 unspecified atom stereocenters. The second kappa shape index (κ2) is 9.22. The molecule has 0 saturated heterocycles. The molecule has 6 nitrogen and oxygen atoms in total. The van der Waals surface area contributed by atoms with E-state index in [1.165, 1.54) is 11.1 Å². The summed E-state index contributed by atoms with van der Waals surface area (Å²) < 4.78 is 11.9. The summed E-state index contributed by atoms with van der Waals surface area (Å²) in [6.07, 6.45) is 0.800. The van der Waals surface area contributed by atoms with Crippen LogP contribution in [0.1, 0.15) is 11.1 Å². The fourth-order valence-corrected chi connectivity index (χ4v) is 3.33. The van der Waals surface area contributed by atoms with E-state index in [0.29, 0.717) is 22.8 Å². The van der Waals surface area contributed by atoms with Crippen LogP contribution in [0.4, 0.5) is 22.7 Å². The summed E-state index contributed by atoms with van der Waals surface area (Å²) in [5, 5.41) is 3.10. The Morgan fingerprint density at radius 1 is 0.625 bits per heavy atom. The number of hydrogen-bond donors (Lipinski definition) is 4. The highest BCUT2D eigenvalue weighted by atomic mass is 16.5. The number of anilines is 4. The van der Waals surface area contributed by atoms with Crippen LogP contribution in [0.15, 0.2) is 84.9 Å². The summed E-state index contributed by atoms with van der Waals surface area (Å²) in [7, 11) is 1.84. The van der Waals surface area contributed by atoms with E-state index in [-0.39, 0.29) is 0 Å². The molecular weight excluding hydrogens is 400 g/mol. The topological polar surface area (TPSA) is 109 Å². The van der Waals surface area contributed by atoms with Crippen LogP contribution < -0.4 is 32.0 Å². The van der Waals surface area contributed by atoms with Crippen molar-refractivity contribution in [1.29, 1.82) is 0 Å². The van der Waals surface area contributed by atoms with Gasteiger partial charge in [0.2, 0.25) is 0 Å². The normalized spacial score (nSPS) is 10.5. The molecule has 0 amide bonds. The van der Waals surface area contributed by atoms with E-state index in [1.54, 1.807) is 18.2 Å². The van der Waals surface area contributed by atoms with Crippen molar-refractivity contribution < 1.29 is 9.47 Å². The smallest absolute Gasteiger partial charge is 0.150 e. The highest BCUT2D eigenvalue weighted by molar-refractivity contribution is 5.64. The molecular formula is C26H26N4O2. The van der Waals surface area contributed by atoms with Gasteiger partial charge in [-0.05, 0) is 78.2 Å². The highest BCUT2D eigenvalue weighted by Crippen LogP contribution is 2.32. The van der Waals surface area contributed by atoms with Crippen molar-refractivity contribution in [2.24, 2.45) is 0 Å². The second-order valence-corrected chi connectivity index (χ2v) is 7.47. The molecule has 0 saturated carbocycles. The van der Waals surface area contributed by atoms with E-state index in [2.05, 4.69) is 17.4 Å². The molecule has 0 aromatic heterocycles. The Morgan fingerprint density at radius 3 is 1.66 bits per heavy atom. The number of nitrogens with one attached hydrogen (secondary N) is 1. The van der Waals surface area contributed by atoms with Gasteiger partial charge < -0.3 is 32.0 Å². The average molecular weight is 427 g/mol. The lowest BCUT2D eigenvalue weighted by Gasteiger charge is -2.12. The van der Waals surface area contributed by atoms with Gasteiger partial charge in [0.05, 0.1) is 11.4 Å². The van der Waals surface area contributed by atoms with Gasteiger partial charge in [0.1, 0.15) is 17.2 Å². The van der Waals surface area contributed by atoms with Crippen LogP contribution in [0.2, 0.25) is 0 Å². The first-order chi connectivity index (χ1) is 15.5. The minimum atomic E-state index is 0.511. The zero-order chi connectivity index (χ0) is 22.5. The zero-order valence-electron chi connectivity index (χ0n) is 17.8. The third-order valence-corrected chi connectivity index (χ3v) is 5.02. The zero-order valence-corrected chi connectivity index (χ0v) is 17.8. The van der Waals surface area contributed by atoms with Gasteiger partial charge in [-0.25, -0.2) is 0 Å². The molecule has 0 radical (unpaired) electrons. The number of nitrogens with two attached hydrogens (primary N) is 3. The predicted octanol–water partition coefficient (Wildman–Crippen LogP) is 5.65. The summed E-state index contributed by atoms with van der Waals surface area (Å²) in [4.78, 5) is 0. The molecule has 0 aliphatic carbocycles. The summed E-state index contributed by atoms with van der Waals surface area (Å²) >= 11 is 0. The van der Waals surface area contributed by atoms with Crippen LogP contribution in [-0.2, 0) is 6.42 Å². The van der Waals surface area contributed by atoms with E-state index >= 15 is 0 Å². The number of hydrogen-bond acceptors (Lipinski definition) is 6. The van der Waals surface area contributed by atoms with Gasteiger partial charge in [0, 0.05) is 18.4 Å². The number of rotatable bonds is 7. The third kappa shape index (κ3) is 5.05. The Balaban J connectivity index is 1.39. The van der Waals surface area contributed by atoms with E-state index in [9.17, 15) is 0 Å². The number of benzene rings is 4. The molecule has 162 valence electrons. The SMILES string of the molecule is CNc1cc(N)ccc1Oc1ccc(Cc2ccc(Oc3ccc(N)cc3N)cc2)cc1. The van der Waals surface area contributed by atoms with Gasteiger partial charge in [-0.2, -0.15) is 0 Å². The maximum absolute atomic E-state index is 6.00. The van der Waals surface area contributed by atoms with Crippen molar-refractivity contribution in [3.05, 3.63) is 96.1 Å². The first-order valence-electron chi connectivity index (χ1n) is 10.3. The van der Waals surface area contributed by atoms with Crippen LogP contribution in [0.5, 0.6) is 23.0 Å². The predicted molar refractivity (Wildman–Crippen MR) is 132 cm³/mol. The van der Waals surface area contributed by atoms with Crippen molar-refractivity contribution >= 4 is 22.7 Å². The van der Waals surface area contributed by atoms with E-state index in [4.69, 9.17) is 26.7 Å². The van der Waals surface area contributed by atoms with Crippen LogP contribution in [0.3, 0.4) is 0 Å². The molecule has 32 heavy (non-hydrogen) atoms. The number of nitrogen functional groups attached to an aromatic ring is 3. The van der Waals surface area contributed by atoms with Gasteiger partial charge in [0.25, 0.3) is 0 Å². The molecule has 0 bridgehead atoms. The fraction of sp³-hybridized carbons (Fsp3) is 0.0769. The lowest BCUT2D eigenvalue weighted by molar-refractivity contribution is 0.484. The molecule has 0 aliphatic heterocycles. The molecule has 4 aromatic carbocycles. The minimum Gasteiger partial charge on any atom is -0.455 e. The van der Waals surface area contributed by atoms with Crippen molar-refractivity contribution in [3.63, 3.8) is 0 Å². The lowest BCUT2D eigenvalue weighted by Crippen LogP contribution is -1.96. The molecule has 6 heteroatoms. The summed E-state index contributed by atoms with van der Waals surface area (Å²) in [5.41, 5.74) is 22.5. The Kier molecular flexibility index (Phi) is 6.03. The third-order valence-electron chi connectivity index (χ3n) is 5.02. The fourth-order valence-electron chi connectivity index (χ4n) is 3.33. The van der Waals surface area contributed by atoms with Gasteiger partial charge in [-0.3, -0.25) is 0 Å². The maximum atomic E-state index is 6.00. The van der Waals surface area contributed by atoms with Crippen molar-refractivity contribution in [2.75, 3.05) is 29.6 Å². The molecule has 0 aliphatic rings. The minimum absolute atomic E-state index is 0.511. The van der Waals surface area contributed by atoms with Gasteiger partial charge >= 0.3 is 0 Å². The van der Waals surface area contributed by atoms with Crippen LogP contribution in [0, 0.1) is 0 Å². The quantitative estimate of drug-likeness (QED) is 0.284. The second-order valence-electron chi connectivity index (χ2n) is 7.47. The van der Waals surface area contributed by atoms with E-state index < -0.39 is 0 Å². The van der Waals surface area contributed by atoms with Crippen LogP contribution in [0.25, 0.3) is 0 Å². The largest absolute Gasteiger partial charge is 0.455 e. The molecule has 0 spiro atoms. The lowest BCUT2D eigenvalue weighted by atomic mass is 10.0. The van der Waals surface area contributed by atoms with Crippen molar-refractivity contribution in [1.82, 2.24) is 0 Å². The molecule has 4 rings (SSSR count). The van der Waals surface area contributed by atoms with E-state index in [1.807, 2.05) is 61.6 Å². The Bertz CT molecular complexity index is 1210. The highest BCUT2D eigenvalue weighted by Gasteiger charge is 2.06. The monoisotopic (exact) mass is 426 g/mol. The van der Waals surface area contributed by atoms with Crippen molar-refractivity contribution in [2.45, 2.75) is 6.42 Å². The first-order valence-corrected chi connectivity index (χ1v) is 10.3. The van der Waals surface area contributed by atoms with Gasteiger partial charge in [-0.15, -0.1) is 0 Å². The van der Waals surface area contributed by atoms with Crippen LogP contribution >= 0.6 is 0 Å². The molecule has 0 fully saturated rings.